The van der Waals surface area contributed by atoms with E-state index >= 15 is 0 Å². The number of nitrogens with zero attached hydrogens (tertiary/aromatic N) is 2. The van der Waals surface area contributed by atoms with Crippen LogP contribution in [-0.4, -0.2) is 27.6 Å². The zero-order valence-corrected chi connectivity index (χ0v) is 10.00. The third-order valence-electron chi connectivity index (χ3n) is 2.41. The van der Waals surface area contributed by atoms with Crippen LogP contribution in [0.4, 0.5) is 5.82 Å². The van der Waals surface area contributed by atoms with Gasteiger partial charge in [-0.1, -0.05) is 36.3 Å². The van der Waals surface area contributed by atoms with Gasteiger partial charge in [0.15, 0.2) is 5.82 Å². The second-order valence-corrected chi connectivity index (χ2v) is 3.68. The Balaban J connectivity index is 2.44. The van der Waals surface area contributed by atoms with Crippen LogP contribution in [0.5, 0.6) is 0 Å². The van der Waals surface area contributed by atoms with Crippen LogP contribution in [0.15, 0.2) is 36.5 Å². The normalized spacial score (nSPS) is 9.63. The molecule has 94 valence electrons. The molecule has 1 heterocycles. The summed E-state index contributed by atoms with van der Waals surface area (Å²) in [6.07, 6.45) is 6.42. The molecule has 1 aromatic heterocycles. The summed E-state index contributed by atoms with van der Waals surface area (Å²) >= 11 is 0. The number of aromatic carboxylic acids is 1. The predicted octanol–water partition coefficient (Wildman–Crippen LogP) is 1.89. The van der Waals surface area contributed by atoms with Crippen molar-refractivity contribution in [2.75, 3.05) is 11.9 Å². The number of aromatic nitrogens is 2. The monoisotopic (exact) mass is 253 g/mol. The van der Waals surface area contributed by atoms with Gasteiger partial charge in [0.05, 0.1) is 6.54 Å². The maximum atomic E-state index is 11.1. The molecule has 19 heavy (non-hydrogen) atoms. The number of rotatable bonds is 4. The number of carboxylic acids is 1. The molecule has 0 aliphatic carbocycles. The molecule has 2 rings (SSSR count). The van der Waals surface area contributed by atoms with Gasteiger partial charge >= 0.3 is 5.97 Å². The van der Waals surface area contributed by atoms with Gasteiger partial charge in [-0.25, -0.2) is 14.8 Å². The van der Waals surface area contributed by atoms with Gasteiger partial charge in [-0.15, -0.1) is 6.42 Å². The Morgan fingerprint density at radius 2 is 2.11 bits per heavy atom. The van der Waals surface area contributed by atoms with Crippen LogP contribution < -0.4 is 5.32 Å². The number of hydrogen-bond donors (Lipinski definition) is 2. The Morgan fingerprint density at radius 1 is 1.37 bits per heavy atom. The number of hydrogen-bond acceptors (Lipinski definition) is 4. The van der Waals surface area contributed by atoms with Crippen LogP contribution in [0.25, 0.3) is 11.4 Å². The number of anilines is 1. The summed E-state index contributed by atoms with van der Waals surface area (Å²) in [6, 6.07) is 9.30. The van der Waals surface area contributed by atoms with E-state index in [9.17, 15) is 4.79 Å². The fraction of sp³-hybridized carbons (Fsp3) is 0.0714. The Kier molecular flexibility index (Phi) is 3.74. The number of terminal acetylenes is 1. The average Bonchev–Trinajstić information content (AvgIpc) is 2.45. The van der Waals surface area contributed by atoms with Crippen LogP contribution in [-0.2, 0) is 0 Å². The van der Waals surface area contributed by atoms with Gasteiger partial charge in [0.25, 0.3) is 0 Å². The molecule has 0 spiro atoms. The van der Waals surface area contributed by atoms with E-state index in [0.29, 0.717) is 5.82 Å². The van der Waals surface area contributed by atoms with Gasteiger partial charge in [-0.05, 0) is 0 Å². The van der Waals surface area contributed by atoms with Crippen molar-refractivity contribution >= 4 is 11.8 Å². The Hall–Kier alpha value is -2.87. The SMILES string of the molecule is C#CCNc1nc(-c2ccccc2)ncc1C(=O)O. The van der Waals surface area contributed by atoms with Crippen LogP contribution >= 0.6 is 0 Å². The minimum atomic E-state index is -1.10. The van der Waals surface area contributed by atoms with E-state index in [1.165, 1.54) is 6.20 Å². The number of carbonyl (C=O) groups is 1. The molecule has 2 N–H and O–H groups in total. The van der Waals surface area contributed by atoms with Crippen molar-refractivity contribution in [1.82, 2.24) is 9.97 Å². The standard InChI is InChI=1S/C14H11N3O2/c1-2-8-15-13-11(14(18)19)9-16-12(17-13)10-6-4-3-5-7-10/h1,3-7,9H,8H2,(H,18,19)(H,15,16,17). The Morgan fingerprint density at radius 3 is 2.74 bits per heavy atom. The first-order chi connectivity index (χ1) is 9.22. The molecule has 0 aliphatic heterocycles. The van der Waals surface area contributed by atoms with Crippen molar-refractivity contribution in [3.63, 3.8) is 0 Å². The van der Waals surface area contributed by atoms with Crippen LogP contribution in [0, 0.1) is 12.3 Å². The minimum absolute atomic E-state index is 0.00469. The first-order valence-electron chi connectivity index (χ1n) is 5.55. The van der Waals surface area contributed by atoms with E-state index in [0.717, 1.165) is 5.56 Å². The molecule has 0 radical (unpaired) electrons. The largest absolute Gasteiger partial charge is 0.477 e. The fourth-order valence-corrected chi connectivity index (χ4v) is 1.53. The number of benzene rings is 1. The summed E-state index contributed by atoms with van der Waals surface area (Å²) in [4.78, 5) is 19.3. The quantitative estimate of drug-likeness (QED) is 0.814. The van der Waals surface area contributed by atoms with Crippen molar-refractivity contribution in [3.05, 3.63) is 42.1 Å². The lowest BCUT2D eigenvalue weighted by Crippen LogP contribution is -2.10. The van der Waals surface area contributed by atoms with Gasteiger partial charge in [0.1, 0.15) is 11.4 Å². The van der Waals surface area contributed by atoms with E-state index in [-0.39, 0.29) is 17.9 Å². The van der Waals surface area contributed by atoms with Crippen LogP contribution in [0.3, 0.4) is 0 Å². The molecule has 0 unspecified atom stereocenters. The summed E-state index contributed by atoms with van der Waals surface area (Å²) in [6.45, 7) is 0.200. The second-order valence-electron chi connectivity index (χ2n) is 3.68. The molecule has 1 aromatic carbocycles. The third kappa shape index (κ3) is 2.87. The second kappa shape index (κ2) is 5.65. The van der Waals surface area contributed by atoms with Crippen molar-refractivity contribution in [2.24, 2.45) is 0 Å². The highest BCUT2D eigenvalue weighted by Crippen LogP contribution is 2.18. The lowest BCUT2D eigenvalue weighted by atomic mass is 10.2. The van der Waals surface area contributed by atoms with Gasteiger partial charge in [-0.3, -0.25) is 0 Å². The first-order valence-corrected chi connectivity index (χ1v) is 5.55. The van der Waals surface area contributed by atoms with E-state index in [2.05, 4.69) is 21.2 Å². The highest BCUT2D eigenvalue weighted by Gasteiger charge is 2.13. The molecule has 0 fully saturated rings. The number of carboxylic acid groups (broad SMARTS) is 1. The molecule has 5 heteroatoms. The summed E-state index contributed by atoms with van der Waals surface area (Å²) < 4.78 is 0. The van der Waals surface area contributed by atoms with E-state index in [4.69, 9.17) is 11.5 Å². The summed E-state index contributed by atoms with van der Waals surface area (Å²) in [5.74, 6) is 1.95. The summed E-state index contributed by atoms with van der Waals surface area (Å²) in [5.41, 5.74) is 0.804. The van der Waals surface area contributed by atoms with Crippen LogP contribution in [0.1, 0.15) is 10.4 Å². The predicted molar refractivity (Wildman–Crippen MR) is 71.8 cm³/mol. The Bertz CT molecular complexity index is 633. The van der Waals surface area contributed by atoms with Crippen molar-refractivity contribution < 1.29 is 9.90 Å². The minimum Gasteiger partial charge on any atom is -0.477 e. The molecule has 5 nitrogen and oxygen atoms in total. The molecule has 0 amide bonds. The summed E-state index contributed by atoms with van der Waals surface area (Å²) in [5, 5.41) is 11.8. The molecule has 0 saturated carbocycles. The highest BCUT2D eigenvalue weighted by atomic mass is 16.4. The number of nitrogens with one attached hydrogen (secondary N) is 1. The summed E-state index contributed by atoms with van der Waals surface area (Å²) in [7, 11) is 0. The van der Waals surface area contributed by atoms with Gasteiger partial charge in [0, 0.05) is 11.8 Å². The lowest BCUT2D eigenvalue weighted by molar-refractivity contribution is 0.0697. The maximum absolute atomic E-state index is 11.1. The van der Waals surface area contributed by atoms with Crippen molar-refractivity contribution in [3.8, 4) is 23.7 Å². The topological polar surface area (TPSA) is 75.1 Å². The molecule has 2 aromatic rings. The smallest absolute Gasteiger partial charge is 0.341 e. The average molecular weight is 253 g/mol. The molecule has 0 bridgehead atoms. The lowest BCUT2D eigenvalue weighted by Gasteiger charge is -2.07. The van der Waals surface area contributed by atoms with Gasteiger partial charge in [0.2, 0.25) is 0 Å². The van der Waals surface area contributed by atoms with Crippen molar-refractivity contribution in [2.45, 2.75) is 0 Å². The molecule has 0 atom stereocenters. The Labute approximate surface area is 110 Å². The first kappa shape index (κ1) is 12.6. The van der Waals surface area contributed by atoms with Gasteiger partial charge in [-0.2, -0.15) is 0 Å². The zero-order valence-electron chi connectivity index (χ0n) is 10.00. The molecular weight excluding hydrogens is 242 g/mol. The van der Waals surface area contributed by atoms with Gasteiger partial charge < -0.3 is 10.4 Å². The maximum Gasteiger partial charge on any atom is 0.341 e. The van der Waals surface area contributed by atoms with E-state index in [1.54, 1.807) is 0 Å². The zero-order chi connectivity index (χ0) is 13.7. The fourth-order valence-electron chi connectivity index (χ4n) is 1.53. The van der Waals surface area contributed by atoms with E-state index in [1.807, 2.05) is 30.3 Å². The van der Waals surface area contributed by atoms with E-state index < -0.39 is 5.97 Å². The molecular formula is C14H11N3O2. The van der Waals surface area contributed by atoms with Crippen molar-refractivity contribution in [1.29, 1.82) is 0 Å². The molecule has 0 aliphatic rings. The molecule has 0 saturated heterocycles. The third-order valence-corrected chi connectivity index (χ3v) is 2.41. The van der Waals surface area contributed by atoms with Crippen LogP contribution in [0.2, 0.25) is 0 Å². The highest BCUT2D eigenvalue weighted by molar-refractivity contribution is 5.93.